The smallest absolute Gasteiger partial charge is 0.407 e. The van der Waals surface area contributed by atoms with Crippen molar-refractivity contribution in [1.82, 2.24) is 15.1 Å². The van der Waals surface area contributed by atoms with E-state index in [0.29, 0.717) is 13.1 Å². The predicted molar refractivity (Wildman–Crippen MR) is 67.5 cm³/mol. The van der Waals surface area contributed by atoms with Gasteiger partial charge in [-0.15, -0.1) is 0 Å². The molecule has 0 radical (unpaired) electrons. The number of nitrogens with zero attached hydrogens (tertiary/aromatic N) is 2. The fraction of sp³-hybridized carbons (Fsp3) is 0.727. The van der Waals surface area contributed by atoms with Gasteiger partial charge >= 0.3 is 18.2 Å². The Morgan fingerprint density at radius 2 is 2.00 bits per heavy atom. The van der Waals surface area contributed by atoms with E-state index in [-0.39, 0.29) is 13.1 Å². The molecule has 0 aromatic heterocycles. The number of hydrogen-bond donors (Lipinski definition) is 2. The lowest BCUT2D eigenvalue weighted by atomic mass is 10.2. The standard InChI is InChI=1S/C11H20N4O4/c1-11(2,3)19-9(17)13-4-5-14-6-7-15(8(12)16)10(14)18/h4-7H2,1-3H3,(H2,12,16)(H,13,17). The number of primary amides is 1. The minimum atomic E-state index is -0.757. The lowest BCUT2D eigenvalue weighted by Crippen LogP contribution is -2.42. The number of alkyl carbamates (subject to hydrolysis) is 1. The van der Waals surface area contributed by atoms with Crippen LogP contribution >= 0.6 is 0 Å². The molecule has 0 unspecified atom stereocenters. The highest BCUT2D eigenvalue weighted by atomic mass is 16.6. The average Bonchev–Trinajstić information content (AvgIpc) is 2.57. The van der Waals surface area contributed by atoms with Gasteiger partial charge in [0.25, 0.3) is 0 Å². The molecular weight excluding hydrogens is 252 g/mol. The Balaban J connectivity index is 2.29. The molecule has 1 saturated heterocycles. The van der Waals surface area contributed by atoms with E-state index in [2.05, 4.69) is 5.32 Å². The van der Waals surface area contributed by atoms with Crippen LogP contribution < -0.4 is 11.1 Å². The first-order valence-corrected chi connectivity index (χ1v) is 6.03. The van der Waals surface area contributed by atoms with Crippen molar-refractivity contribution in [2.24, 2.45) is 5.73 Å². The summed E-state index contributed by atoms with van der Waals surface area (Å²) < 4.78 is 5.05. The number of imide groups is 1. The van der Waals surface area contributed by atoms with Crippen LogP contribution in [0.3, 0.4) is 0 Å². The first-order chi connectivity index (χ1) is 8.70. The summed E-state index contributed by atoms with van der Waals surface area (Å²) in [5.41, 5.74) is 4.49. The fourth-order valence-electron chi connectivity index (χ4n) is 1.60. The summed E-state index contributed by atoms with van der Waals surface area (Å²) in [6, 6.07) is -1.19. The minimum Gasteiger partial charge on any atom is -0.444 e. The zero-order chi connectivity index (χ0) is 14.6. The number of rotatable bonds is 3. The number of nitrogens with two attached hydrogens (primary N) is 1. The molecule has 0 bridgehead atoms. The first-order valence-electron chi connectivity index (χ1n) is 6.03. The fourth-order valence-corrected chi connectivity index (χ4v) is 1.60. The molecule has 0 aromatic rings. The number of nitrogens with one attached hydrogen (secondary N) is 1. The maximum absolute atomic E-state index is 11.7. The quantitative estimate of drug-likeness (QED) is 0.772. The van der Waals surface area contributed by atoms with E-state index in [1.165, 1.54) is 4.90 Å². The molecule has 1 aliphatic heterocycles. The number of amides is 5. The largest absolute Gasteiger partial charge is 0.444 e. The monoisotopic (exact) mass is 272 g/mol. The second kappa shape index (κ2) is 5.77. The number of hydrogen-bond acceptors (Lipinski definition) is 4. The molecule has 0 saturated carbocycles. The predicted octanol–water partition coefficient (Wildman–Crippen LogP) is 0.327. The second-order valence-electron chi connectivity index (χ2n) is 5.19. The molecule has 0 aliphatic carbocycles. The van der Waals surface area contributed by atoms with Crippen molar-refractivity contribution in [3.63, 3.8) is 0 Å². The number of carbonyl (C=O) groups excluding carboxylic acids is 3. The maximum atomic E-state index is 11.7. The molecule has 5 amide bonds. The van der Waals surface area contributed by atoms with Crippen LogP contribution in [0.2, 0.25) is 0 Å². The van der Waals surface area contributed by atoms with Gasteiger partial charge < -0.3 is 20.7 Å². The van der Waals surface area contributed by atoms with Crippen LogP contribution in [0.25, 0.3) is 0 Å². The lowest BCUT2D eigenvalue weighted by molar-refractivity contribution is 0.0524. The number of urea groups is 2. The summed E-state index contributed by atoms with van der Waals surface area (Å²) in [5.74, 6) is 0. The molecule has 3 N–H and O–H groups in total. The molecule has 108 valence electrons. The van der Waals surface area contributed by atoms with Gasteiger partial charge in [0.15, 0.2) is 0 Å². The molecule has 8 heteroatoms. The topological polar surface area (TPSA) is 105 Å². The van der Waals surface area contributed by atoms with Crippen LogP contribution in [0.5, 0.6) is 0 Å². The van der Waals surface area contributed by atoms with Gasteiger partial charge in [0.05, 0.1) is 0 Å². The van der Waals surface area contributed by atoms with E-state index < -0.39 is 23.8 Å². The van der Waals surface area contributed by atoms with Crippen LogP contribution in [0.15, 0.2) is 0 Å². The van der Waals surface area contributed by atoms with Crippen LogP contribution in [-0.4, -0.2) is 59.7 Å². The van der Waals surface area contributed by atoms with E-state index in [1.807, 2.05) is 0 Å². The van der Waals surface area contributed by atoms with Gasteiger partial charge in [0.1, 0.15) is 5.60 Å². The van der Waals surface area contributed by atoms with Gasteiger partial charge in [0.2, 0.25) is 0 Å². The summed E-state index contributed by atoms with van der Waals surface area (Å²) in [4.78, 5) is 36.3. The molecule has 0 aromatic carbocycles. The Hall–Kier alpha value is -1.99. The molecule has 8 nitrogen and oxygen atoms in total. The Kier molecular flexibility index (Phi) is 4.57. The van der Waals surface area contributed by atoms with Crippen LogP contribution in [0, 0.1) is 0 Å². The van der Waals surface area contributed by atoms with Crippen LogP contribution in [0.1, 0.15) is 20.8 Å². The first kappa shape index (κ1) is 15.1. The van der Waals surface area contributed by atoms with Crippen LogP contribution in [-0.2, 0) is 4.74 Å². The molecule has 0 spiro atoms. The Labute approximate surface area is 111 Å². The van der Waals surface area contributed by atoms with Gasteiger partial charge in [-0.1, -0.05) is 0 Å². The molecule has 0 atom stereocenters. The van der Waals surface area contributed by atoms with E-state index in [4.69, 9.17) is 10.5 Å². The summed E-state index contributed by atoms with van der Waals surface area (Å²) >= 11 is 0. The molecule has 1 fully saturated rings. The van der Waals surface area contributed by atoms with Gasteiger partial charge in [-0.2, -0.15) is 0 Å². The second-order valence-corrected chi connectivity index (χ2v) is 5.19. The third-order valence-electron chi connectivity index (χ3n) is 2.41. The van der Waals surface area contributed by atoms with Gasteiger partial charge in [-0.05, 0) is 20.8 Å². The molecular formula is C11H20N4O4. The third kappa shape index (κ3) is 4.65. The van der Waals surface area contributed by atoms with E-state index in [0.717, 1.165) is 4.90 Å². The number of ether oxygens (including phenoxy) is 1. The van der Waals surface area contributed by atoms with E-state index in [9.17, 15) is 14.4 Å². The Morgan fingerprint density at radius 1 is 1.37 bits per heavy atom. The highest BCUT2D eigenvalue weighted by Crippen LogP contribution is 2.08. The van der Waals surface area contributed by atoms with Gasteiger partial charge in [-0.25, -0.2) is 19.3 Å². The highest BCUT2D eigenvalue weighted by Gasteiger charge is 2.31. The van der Waals surface area contributed by atoms with Crippen molar-refractivity contribution in [3.8, 4) is 0 Å². The Morgan fingerprint density at radius 3 is 2.47 bits per heavy atom. The average molecular weight is 272 g/mol. The maximum Gasteiger partial charge on any atom is 0.407 e. The summed E-state index contributed by atoms with van der Waals surface area (Å²) in [6.45, 7) is 6.55. The number of carbonyl (C=O) groups is 3. The van der Waals surface area contributed by atoms with Crippen molar-refractivity contribution in [1.29, 1.82) is 0 Å². The summed E-state index contributed by atoms with van der Waals surface area (Å²) in [7, 11) is 0. The zero-order valence-electron chi connectivity index (χ0n) is 11.4. The summed E-state index contributed by atoms with van der Waals surface area (Å²) in [6.07, 6.45) is -0.536. The van der Waals surface area contributed by atoms with Crippen molar-refractivity contribution in [3.05, 3.63) is 0 Å². The van der Waals surface area contributed by atoms with Crippen molar-refractivity contribution < 1.29 is 19.1 Å². The minimum absolute atomic E-state index is 0.257. The highest BCUT2D eigenvalue weighted by molar-refractivity contribution is 5.94. The molecule has 19 heavy (non-hydrogen) atoms. The molecule has 1 aliphatic rings. The molecule has 1 heterocycles. The van der Waals surface area contributed by atoms with Crippen molar-refractivity contribution in [2.45, 2.75) is 26.4 Å². The third-order valence-corrected chi connectivity index (χ3v) is 2.41. The molecule has 1 rings (SSSR count). The SMILES string of the molecule is CC(C)(C)OC(=O)NCCN1CCN(C(N)=O)C1=O. The van der Waals surface area contributed by atoms with Gasteiger partial charge in [0, 0.05) is 26.2 Å². The van der Waals surface area contributed by atoms with E-state index >= 15 is 0 Å². The van der Waals surface area contributed by atoms with Crippen molar-refractivity contribution in [2.75, 3.05) is 26.2 Å². The zero-order valence-corrected chi connectivity index (χ0v) is 11.4. The van der Waals surface area contributed by atoms with Crippen LogP contribution in [0.4, 0.5) is 14.4 Å². The van der Waals surface area contributed by atoms with E-state index in [1.54, 1.807) is 20.8 Å². The Bertz CT molecular complexity index is 377. The summed E-state index contributed by atoms with van der Waals surface area (Å²) in [5, 5.41) is 2.54. The van der Waals surface area contributed by atoms with Gasteiger partial charge in [-0.3, -0.25) is 0 Å². The lowest BCUT2D eigenvalue weighted by Gasteiger charge is -2.21. The van der Waals surface area contributed by atoms with Crippen molar-refractivity contribution >= 4 is 18.2 Å². The normalized spacial score (nSPS) is 15.6.